The molecule has 4 rings (SSSR count). The summed E-state index contributed by atoms with van der Waals surface area (Å²) in [6, 6.07) is 4.43. The summed E-state index contributed by atoms with van der Waals surface area (Å²) in [5.41, 5.74) is 1.05. The van der Waals surface area contributed by atoms with Gasteiger partial charge in [-0.25, -0.2) is 4.98 Å². The van der Waals surface area contributed by atoms with Crippen molar-refractivity contribution in [2.24, 2.45) is 0 Å². The van der Waals surface area contributed by atoms with Crippen LogP contribution in [-0.4, -0.2) is 29.1 Å². The summed E-state index contributed by atoms with van der Waals surface area (Å²) in [5, 5.41) is 9.61. The van der Waals surface area contributed by atoms with Crippen molar-refractivity contribution < 1.29 is 0 Å². The fourth-order valence-electron chi connectivity index (χ4n) is 2.10. The van der Waals surface area contributed by atoms with Crippen molar-refractivity contribution in [1.29, 1.82) is 0 Å². The summed E-state index contributed by atoms with van der Waals surface area (Å²) in [7, 11) is 0. The first-order chi connectivity index (χ1) is 10.3. The molecular formula is C13H12N6S2. The van der Waals surface area contributed by atoms with E-state index in [2.05, 4.69) is 29.1 Å². The Hall–Kier alpha value is -1.80. The Kier molecular flexibility index (Phi) is 3.19. The molecule has 0 atom stereocenters. The Morgan fingerprint density at radius 1 is 1.24 bits per heavy atom. The molecule has 3 heterocycles. The van der Waals surface area contributed by atoms with E-state index in [-0.39, 0.29) is 0 Å². The topological polar surface area (TPSA) is 69.4 Å². The SMILES string of the molecule is Cc1nsc(Sc2nnc(-c3ccncc3)n2C2CC2)n1. The Morgan fingerprint density at radius 2 is 2.05 bits per heavy atom. The van der Waals surface area contributed by atoms with Crippen LogP contribution in [-0.2, 0) is 0 Å². The summed E-state index contributed by atoms with van der Waals surface area (Å²) in [4.78, 5) is 8.45. The normalized spacial score (nSPS) is 14.5. The molecule has 21 heavy (non-hydrogen) atoms. The van der Waals surface area contributed by atoms with Crippen molar-refractivity contribution in [3.8, 4) is 11.4 Å². The quantitative estimate of drug-likeness (QED) is 0.737. The van der Waals surface area contributed by atoms with E-state index in [0.29, 0.717) is 6.04 Å². The van der Waals surface area contributed by atoms with Crippen molar-refractivity contribution in [2.45, 2.75) is 35.3 Å². The Balaban J connectivity index is 1.73. The van der Waals surface area contributed by atoms with Gasteiger partial charge in [0.15, 0.2) is 15.3 Å². The van der Waals surface area contributed by atoms with Gasteiger partial charge in [0.05, 0.1) is 0 Å². The number of pyridine rings is 1. The van der Waals surface area contributed by atoms with E-state index < -0.39 is 0 Å². The Bertz CT molecular complexity index is 762. The van der Waals surface area contributed by atoms with Crippen LogP contribution in [0.3, 0.4) is 0 Å². The van der Waals surface area contributed by atoms with Crippen LogP contribution in [0, 0.1) is 6.92 Å². The van der Waals surface area contributed by atoms with E-state index >= 15 is 0 Å². The van der Waals surface area contributed by atoms with Crippen molar-refractivity contribution in [2.75, 3.05) is 0 Å². The first-order valence-electron chi connectivity index (χ1n) is 6.65. The van der Waals surface area contributed by atoms with E-state index in [4.69, 9.17) is 0 Å². The molecule has 3 aromatic rings. The average molecular weight is 316 g/mol. The first kappa shape index (κ1) is 12.9. The highest BCUT2D eigenvalue weighted by atomic mass is 32.2. The van der Waals surface area contributed by atoms with Gasteiger partial charge in [-0.05, 0) is 55.2 Å². The highest BCUT2D eigenvalue weighted by molar-refractivity contribution is 8.00. The summed E-state index contributed by atoms with van der Waals surface area (Å²) < 4.78 is 7.34. The van der Waals surface area contributed by atoms with Crippen LogP contribution in [0.4, 0.5) is 0 Å². The van der Waals surface area contributed by atoms with E-state index in [1.165, 1.54) is 36.1 Å². The lowest BCUT2D eigenvalue weighted by Gasteiger charge is -2.07. The van der Waals surface area contributed by atoms with Crippen LogP contribution in [0.15, 0.2) is 34.0 Å². The maximum atomic E-state index is 4.39. The van der Waals surface area contributed by atoms with Crippen molar-refractivity contribution in [3.05, 3.63) is 30.4 Å². The third kappa shape index (κ3) is 2.56. The predicted octanol–water partition coefficient (Wildman–Crippen LogP) is 2.99. The highest BCUT2D eigenvalue weighted by Crippen LogP contribution is 2.42. The molecule has 0 aromatic carbocycles. The molecule has 1 fully saturated rings. The molecule has 0 radical (unpaired) electrons. The molecule has 106 valence electrons. The second kappa shape index (κ2) is 5.19. The second-order valence-corrected chi connectivity index (χ2v) is 6.82. The Labute approximate surface area is 129 Å². The van der Waals surface area contributed by atoms with Crippen molar-refractivity contribution in [3.63, 3.8) is 0 Å². The molecule has 0 aliphatic heterocycles. The van der Waals surface area contributed by atoms with Gasteiger partial charge in [-0.1, -0.05) is 0 Å². The van der Waals surface area contributed by atoms with Crippen LogP contribution in [0.2, 0.25) is 0 Å². The monoisotopic (exact) mass is 316 g/mol. The number of rotatable bonds is 4. The predicted molar refractivity (Wildman–Crippen MR) is 80.3 cm³/mol. The molecule has 0 spiro atoms. The Morgan fingerprint density at radius 3 is 2.71 bits per heavy atom. The van der Waals surface area contributed by atoms with Gasteiger partial charge in [0.2, 0.25) is 0 Å². The summed E-state index contributed by atoms with van der Waals surface area (Å²) >= 11 is 2.94. The van der Waals surface area contributed by atoms with Gasteiger partial charge >= 0.3 is 0 Å². The molecule has 1 saturated carbocycles. The molecule has 1 aliphatic carbocycles. The van der Waals surface area contributed by atoms with Crippen LogP contribution >= 0.6 is 23.3 Å². The summed E-state index contributed by atoms with van der Waals surface area (Å²) in [5.74, 6) is 1.71. The third-order valence-electron chi connectivity index (χ3n) is 3.20. The minimum absolute atomic E-state index is 0.500. The molecular weight excluding hydrogens is 304 g/mol. The third-order valence-corrected chi connectivity index (χ3v) is 5.01. The van der Waals surface area contributed by atoms with Gasteiger partial charge in [0.1, 0.15) is 5.82 Å². The molecule has 0 N–H and O–H groups in total. The van der Waals surface area contributed by atoms with Crippen LogP contribution in [0.1, 0.15) is 24.7 Å². The molecule has 0 bridgehead atoms. The first-order valence-corrected chi connectivity index (χ1v) is 8.24. The van der Waals surface area contributed by atoms with Gasteiger partial charge in [-0.2, -0.15) is 4.37 Å². The standard InChI is InChI=1S/C13H12N6S2/c1-8-15-13(21-18-8)20-12-17-16-11(19(12)10-2-3-10)9-4-6-14-7-5-9/h4-7,10H,2-3H2,1H3. The minimum Gasteiger partial charge on any atom is -0.299 e. The molecule has 8 heteroatoms. The maximum absolute atomic E-state index is 4.39. The maximum Gasteiger partial charge on any atom is 0.198 e. The zero-order valence-electron chi connectivity index (χ0n) is 11.3. The lowest BCUT2D eigenvalue weighted by atomic mass is 10.2. The fourth-order valence-corrected chi connectivity index (χ4v) is 3.76. The highest BCUT2D eigenvalue weighted by Gasteiger charge is 2.30. The van der Waals surface area contributed by atoms with Gasteiger partial charge in [0.25, 0.3) is 0 Å². The van der Waals surface area contributed by atoms with Gasteiger partial charge in [-0.3, -0.25) is 9.55 Å². The van der Waals surface area contributed by atoms with Crippen LogP contribution < -0.4 is 0 Å². The van der Waals surface area contributed by atoms with Gasteiger partial charge in [0, 0.05) is 24.0 Å². The van der Waals surface area contributed by atoms with Gasteiger partial charge < -0.3 is 0 Å². The molecule has 0 unspecified atom stereocenters. The number of hydrogen-bond donors (Lipinski definition) is 0. The molecule has 3 aromatic heterocycles. The molecule has 0 saturated heterocycles. The number of nitrogens with zero attached hydrogens (tertiary/aromatic N) is 6. The number of aromatic nitrogens is 6. The smallest absolute Gasteiger partial charge is 0.198 e. The molecule has 1 aliphatic rings. The minimum atomic E-state index is 0.500. The summed E-state index contributed by atoms with van der Waals surface area (Å²) in [6.45, 7) is 1.90. The zero-order valence-corrected chi connectivity index (χ0v) is 12.9. The van der Waals surface area contributed by atoms with Crippen LogP contribution in [0.5, 0.6) is 0 Å². The average Bonchev–Trinajstić information content (AvgIpc) is 3.14. The second-order valence-electron chi connectivity index (χ2n) is 4.85. The largest absolute Gasteiger partial charge is 0.299 e. The summed E-state index contributed by atoms with van der Waals surface area (Å²) in [6.07, 6.45) is 5.92. The van der Waals surface area contributed by atoms with E-state index in [0.717, 1.165) is 26.7 Å². The van der Waals surface area contributed by atoms with E-state index in [1.54, 1.807) is 12.4 Å². The van der Waals surface area contributed by atoms with Crippen molar-refractivity contribution >= 4 is 23.3 Å². The molecule has 6 nitrogen and oxygen atoms in total. The molecule has 0 amide bonds. The lowest BCUT2D eigenvalue weighted by molar-refractivity contribution is 0.669. The van der Waals surface area contributed by atoms with E-state index in [9.17, 15) is 0 Å². The van der Waals surface area contributed by atoms with Crippen LogP contribution in [0.25, 0.3) is 11.4 Å². The van der Waals surface area contributed by atoms with Crippen molar-refractivity contribution in [1.82, 2.24) is 29.1 Å². The van der Waals surface area contributed by atoms with Gasteiger partial charge in [-0.15, -0.1) is 10.2 Å². The van der Waals surface area contributed by atoms with E-state index in [1.807, 2.05) is 19.1 Å². The fraction of sp³-hybridized carbons (Fsp3) is 0.308. The number of hydrogen-bond acceptors (Lipinski definition) is 7. The zero-order chi connectivity index (χ0) is 14.2. The lowest BCUT2D eigenvalue weighted by Crippen LogP contribution is -1.99. The number of aryl methyl sites for hydroxylation is 1.